The van der Waals surface area contributed by atoms with Gasteiger partial charge in [-0.05, 0) is 31.0 Å². The quantitative estimate of drug-likeness (QED) is 0.386. The summed E-state index contributed by atoms with van der Waals surface area (Å²) in [5, 5.41) is 12.8. The summed E-state index contributed by atoms with van der Waals surface area (Å²) in [6, 6.07) is 11.0. The van der Waals surface area contributed by atoms with Crippen LogP contribution >= 0.6 is 11.8 Å². The van der Waals surface area contributed by atoms with Crippen molar-refractivity contribution in [2.24, 2.45) is 0 Å². The van der Waals surface area contributed by atoms with E-state index in [4.69, 9.17) is 4.74 Å². The van der Waals surface area contributed by atoms with Crippen LogP contribution in [0.1, 0.15) is 12.8 Å². The van der Waals surface area contributed by atoms with Crippen molar-refractivity contribution in [2.45, 2.75) is 30.6 Å². The molecule has 2 N–H and O–H groups in total. The van der Waals surface area contributed by atoms with Crippen molar-refractivity contribution in [1.29, 1.82) is 0 Å². The number of halogens is 2. The van der Waals surface area contributed by atoms with Gasteiger partial charge in [-0.3, -0.25) is 9.36 Å². The van der Waals surface area contributed by atoms with Crippen molar-refractivity contribution in [3.8, 4) is 11.4 Å². The summed E-state index contributed by atoms with van der Waals surface area (Å²) in [7, 11) is 0. The van der Waals surface area contributed by atoms with Gasteiger partial charge in [-0.15, -0.1) is 10.2 Å². The van der Waals surface area contributed by atoms with Crippen LogP contribution in [-0.4, -0.2) is 44.1 Å². The van der Waals surface area contributed by atoms with Crippen LogP contribution in [0, 0.1) is 11.6 Å². The topological polar surface area (TPSA) is 84.8 Å². The number of rotatable bonds is 7. The highest BCUT2D eigenvalue weighted by Crippen LogP contribution is 2.31. The number of aromatic amines is 1. The summed E-state index contributed by atoms with van der Waals surface area (Å²) in [5.41, 5.74) is 1.84. The van der Waals surface area contributed by atoms with E-state index in [1.165, 1.54) is 17.8 Å². The highest BCUT2D eigenvalue weighted by Gasteiger charge is 2.23. The lowest BCUT2D eigenvalue weighted by Crippen LogP contribution is -2.18. The van der Waals surface area contributed by atoms with Crippen molar-refractivity contribution in [1.82, 2.24) is 19.7 Å². The number of para-hydroxylation sites is 1. The normalized spacial score (nSPS) is 15.9. The van der Waals surface area contributed by atoms with Crippen molar-refractivity contribution in [2.75, 3.05) is 17.7 Å². The van der Waals surface area contributed by atoms with Crippen LogP contribution in [0.5, 0.6) is 0 Å². The molecule has 5 rings (SSSR count). The molecule has 1 amide bonds. The summed E-state index contributed by atoms with van der Waals surface area (Å²) in [6.07, 6.45) is 3.90. The molecular formula is C23H21F2N5O2S. The van der Waals surface area contributed by atoms with Crippen LogP contribution in [0.4, 0.5) is 14.5 Å². The summed E-state index contributed by atoms with van der Waals surface area (Å²) in [4.78, 5) is 15.7. The SMILES string of the molecule is O=C(CSc1nnc(-c2c[nH]c3ccccc23)n1C[C@H]1CCCO1)Nc1ccc(F)cc1F. The smallest absolute Gasteiger partial charge is 0.234 e. The number of benzene rings is 2. The molecular weight excluding hydrogens is 448 g/mol. The minimum Gasteiger partial charge on any atom is -0.376 e. The average molecular weight is 470 g/mol. The van der Waals surface area contributed by atoms with Crippen molar-refractivity contribution in [3.05, 3.63) is 60.3 Å². The monoisotopic (exact) mass is 469 g/mol. The number of carbonyl (C=O) groups excluding carboxylic acids is 1. The Bertz CT molecular complexity index is 1300. The Kier molecular flexibility index (Phi) is 6.10. The first-order chi connectivity index (χ1) is 16.1. The summed E-state index contributed by atoms with van der Waals surface area (Å²) in [6.45, 7) is 1.29. The van der Waals surface area contributed by atoms with Crippen LogP contribution in [0.25, 0.3) is 22.3 Å². The van der Waals surface area contributed by atoms with Gasteiger partial charge < -0.3 is 15.0 Å². The summed E-state index contributed by atoms with van der Waals surface area (Å²) in [5.74, 6) is -1.27. The summed E-state index contributed by atoms with van der Waals surface area (Å²) < 4.78 is 34.7. The van der Waals surface area contributed by atoms with Gasteiger partial charge in [0.2, 0.25) is 5.91 Å². The Morgan fingerprint density at radius 1 is 1.24 bits per heavy atom. The third kappa shape index (κ3) is 4.62. The molecule has 2 aromatic carbocycles. The van der Waals surface area contributed by atoms with Gasteiger partial charge in [0.25, 0.3) is 0 Å². The fourth-order valence-corrected chi connectivity index (χ4v) is 4.66. The molecule has 0 radical (unpaired) electrons. The van der Waals surface area contributed by atoms with E-state index in [0.29, 0.717) is 17.5 Å². The van der Waals surface area contributed by atoms with Crippen LogP contribution in [0.15, 0.2) is 53.8 Å². The van der Waals surface area contributed by atoms with Crippen LogP contribution < -0.4 is 5.32 Å². The van der Waals surface area contributed by atoms with Gasteiger partial charge in [-0.1, -0.05) is 30.0 Å². The standard InChI is InChI=1S/C23H21F2N5O2S/c24-14-7-8-20(18(25)10-14)27-21(31)13-33-23-29-28-22(30(23)12-15-4-3-9-32-15)17-11-26-19-6-2-1-5-16(17)19/h1-2,5-8,10-11,15,26H,3-4,9,12-13H2,(H,27,31)/t15-/m1/s1. The van der Waals surface area contributed by atoms with E-state index >= 15 is 0 Å². The van der Waals surface area contributed by atoms with Gasteiger partial charge in [-0.25, -0.2) is 8.78 Å². The van der Waals surface area contributed by atoms with Crippen molar-refractivity contribution in [3.63, 3.8) is 0 Å². The minimum absolute atomic E-state index is 0.00560. The van der Waals surface area contributed by atoms with Gasteiger partial charge in [-0.2, -0.15) is 0 Å². The highest BCUT2D eigenvalue weighted by atomic mass is 32.2. The zero-order valence-corrected chi connectivity index (χ0v) is 18.4. The van der Waals surface area contributed by atoms with Gasteiger partial charge in [0.05, 0.1) is 24.1 Å². The Morgan fingerprint density at radius 2 is 2.12 bits per heavy atom. The third-order valence-corrected chi connectivity index (χ3v) is 6.46. The first-order valence-electron chi connectivity index (χ1n) is 10.6. The molecule has 0 bridgehead atoms. The maximum atomic E-state index is 13.8. The number of aromatic nitrogens is 4. The molecule has 3 heterocycles. The van der Waals surface area contributed by atoms with Gasteiger partial charge >= 0.3 is 0 Å². The largest absolute Gasteiger partial charge is 0.376 e. The van der Waals surface area contributed by atoms with Crippen LogP contribution in [0.2, 0.25) is 0 Å². The van der Waals surface area contributed by atoms with E-state index in [1.54, 1.807) is 0 Å². The fraction of sp³-hybridized carbons (Fsp3) is 0.261. The Morgan fingerprint density at radius 3 is 2.94 bits per heavy atom. The lowest BCUT2D eigenvalue weighted by molar-refractivity contribution is -0.113. The molecule has 0 unspecified atom stereocenters. The zero-order valence-electron chi connectivity index (χ0n) is 17.6. The van der Waals surface area contributed by atoms with Crippen molar-refractivity contribution < 1.29 is 18.3 Å². The van der Waals surface area contributed by atoms with E-state index in [9.17, 15) is 13.6 Å². The second kappa shape index (κ2) is 9.32. The molecule has 1 aliphatic heterocycles. The fourth-order valence-electron chi connectivity index (χ4n) is 3.92. The third-order valence-electron chi connectivity index (χ3n) is 5.49. The van der Waals surface area contributed by atoms with E-state index < -0.39 is 17.5 Å². The number of amides is 1. The molecule has 1 atom stereocenters. The maximum Gasteiger partial charge on any atom is 0.234 e. The number of ether oxygens (including phenoxy) is 1. The molecule has 0 saturated carbocycles. The predicted molar refractivity (Wildman–Crippen MR) is 122 cm³/mol. The predicted octanol–water partition coefficient (Wildman–Crippen LogP) is 4.61. The molecule has 10 heteroatoms. The maximum absolute atomic E-state index is 13.8. The number of carbonyl (C=O) groups is 1. The molecule has 170 valence electrons. The van der Waals surface area contributed by atoms with Gasteiger partial charge in [0.1, 0.15) is 11.6 Å². The second-order valence-electron chi connectivity index (χ2n) is 7.76. The first-order valence-corrected chi connectivity index (χ1v) is 11.6. The lowest BCUT2D eigenvalue weighted by Gasteiger charge is -2.14. The molecule has 33 heavy (non-hydrogen) atoms. The van der Waals surface area contributed by atoms with Gasteiger partial charge in [0.15, 0.2) is 11.0 Å². The first kappa shape index (κ1) is 21.6. The average Bonchev–Trinajstić information content (AvgIpc) is 3.55. The number of nitrogens with one attached hydrogen (secondary N) is 2. The second-order valence-corrected chi connectivity index (χ2v) is 8.70. The molecule has 7 nitrogen and oxygen atoms in total. The molecule has 0 spiro atoms. The Hall–Kier alpha value is -3.24. The van der Waals surface area contributed by atoms with E-state index in [-0.39, 0.29) is 17.5 Å². The molecule has 1 aliphatic rings. The number of thioether (sulfide) groups is 1. The highest BCUT2D eigenvalue weighted by molar-refractivity contribution is 7.99. The van der Waals surface area contributed by atoms with Crippen molar-refractivity contribution >= 4 is 34.3 Å². The Labute approximate surface area is 192 Å². The molecule has 1 fully saturated rings. The molecule has 0 aliphatic carbocycles. The number of hydrogen-bond donors (Lipinski definition) is 2. The number of fused-ring (bicyclic) bond motifs is 1. The van der Waals surface area contributed by atoms with E-state index in [2.05, 4.69) is 20.5 Å². The van der Waals surface area contributed by atoms with Crippen LogP contribution in [0.3, 0.4) is 0 Å². The number of H-pyrrole nitrogens is 1. The van der Waals surface area contributed by atoms with Crippen LogP contribution in [-0.2, 0) is 16.1 Å². The number of anilines is 1. The zero-order chi connectivity index (χ0) is 22.8. The summed E-state index contributed by atoms with van der Waals surface area (Å²) >= 11 is 1.21. The molecule has 4 aromatic rings. The number of hydrogen-bond acceptors (Lipinski definition) is 5. The Balaban J connectivity index is 1.38. The van der Waals surface area contributed by atoms with E-state index in [1.807, 2.05) is 35.0 Å². The van der Waals surface area contributed by atoms with Gasteiger partial charge in [0, 0.05) is 35.3 Å². The molecule has 2 aromatic heterocycles. The minimum atomic E-state index is -0.823. The number of nitrogens with zero attached hydrogens (tertiary/aromatic N) is 3. The van der Waals surface area contributed by atoms with E-state index in [0.717, 1.165) is 48.0 Å². The molecule has 1 saturated heterocycles. The lowest BCUT2D eigenvalue weighted by atomic mass is 10.1.